The summed E-state index contributed by atoms with van der Waals surface area (Å²) in [7, 11) is 1.60. The number of fused-ring (bicyclic) bond motifs is 1. The number of ether oxygens (including phenoxy) is 1. The van der Waals surface area contributed by atoms with Crippen LogP contribution in [0.15, 0.2) is 43.0 Å². The van der Waals surface area contributed by atoms with Gasteiger partial charge in [0, 0.05) is 13.1 Å². The SMILES string of the molecule is COc1ncnc2c1ncn2CCCNCC(C)c1ccccc1. The van der Waals surface area contributed by atoms with E-state index in [0.29, 0.717) is 17.3 Å². The van der Waals surface area contributed by atoms with Gasteiger partial charge in [-0.1, -0.05) is 37.3 Å². The summed E-state index contributed by atoms with van der Waals surface area (Å²) in [4.78, 5) is 12.7. The van der Waals surface area contributed by atoms with Crippen molar-refractivity contribution in [1.82, 2.24) is 24.8 Å². The quantitative estimate of drug-likeness (QED) is 0.645. The van der Waals surface area contributed by atoms with Crippen LogP contribution in [0.2, 0.25) is 0 Å². The van der Waals surface area contributed by atoms with E-state index >= 15 is 0 Å². The second-order valence-corrected chi connectivity index (χ2v) is 5.86. The Kier molecular flexibility index (Phi) is 5.38. The van der Waals surface area contributed by atoms with Gasteiger partial charge in [0.1, 0.15) is 6.33 Å². The van der Waals surface area contributed by atoms with Gasteiger partial charge in [-0.2, -0.15) is 4.98 Å². The summed E-state index contributed by atoms with van der Waals surface area (Å²) in [5.41, 5.74) is 2.90. The minimum absolute atomic E-state index is 0.511. The van der Waals surface area contributed by atoms with Crippen LogP contribution in [0, 0.1) is 0 Å². The van der Waals surface area contributed by atoms with Crippen LogP contribution in [0.3, 0.4) is 0 Å². The van der Waals surface area contributed by atoms with Gasteiger partial charge in [0.25, 0.3) is 0 Å². The van der Waals surface area contributed by atoms with Crippen LogP contribution in [0.25, 0.3) is 11.2 Å². The zero-order valence-electron chi connectivity index (χ0n) is 14.1. The number of benzene rings is 1. The topological polar surface area (TPSA) is 64.9 Å². The minimum Gasteiger partial charge on any atom is -0.479 e. The molecule has 6 nitrogen and oxygen atoms in total. The first-order chi connectivity index (χ1) is 11.8. The van der Waals surface area contributed by atoms with Crippen molar-refractivity contribution in [3.05, 3.63) is 48.5 Å². The van der Waals surface area contributed by atoms with E-state index in [-0.39, 0.29) is 0 Å². The summed E-state index contributed by atoms with van der Waals surface area (Å²) in [6.45, 7) is 5.04. The van der Waals surface area contributed by atoms with E-state index in [4.69, 9.17) is 4.74 Å². The van der Waals surface area contributed by atoms with Gasteiger partial charge in [-0.05, 0) is 24.4 Å². The smallest absolute Gasteiger partial charge is 0.245 e. The lowest BCUT2D eigenvalue weighted by atomic mass is 10.0. The number of aryl methyl sites for hydroxylation is 1. The van der Waals surface area contributed by atoms with Crippen LogP contribution < -0.4 is 10.1 Å². The third-order valence-corrected chi connectivity index (χ3v) is 4.13. The fourth-order valence-corrected chi connectivity index (χ4v) is 2.76. The summed E-state index contributed by atoms with van der Waals surface area (Å²) >= 11 is 0. The van der Waals surface area contributed by atoms with E-state index in [1.54, 1.807) is 13.4 Å². The molecule has 1 N–H and O–H groups in total. The molecule has 2 heterocycles. The van der Waals surface area contributed by atoms with E-state index < -0.39 is 0 Å². The van der Waals surface area contributed by atoms with E-state index in [2.05, 4.69) is 57.5 Å². The van der Waals surface area contributed by atoms with E-state index in [1.165, 1.54) is 11.9 Å². The second-order valence-electron chi connectivity index (χ2n) is 5.86. The standard InChI is InChI=1S/C18H23N5O/c1-14(15-7-4-3-5-8-15)11-19-9-6-10-23-13-22-16-17(23)20-12-21-18(16)24-2/h3-5,7-8,12-14,19H,6,9-11H2,1-2H3. The van der Waals surface area contributed by atoms with Crippen molar-refractivity contribution in [1.29, 1.82) is 0 Å². The fourth-order valence-electron chi connectivity index (χ4n) is 2.76. The lowest BCUT2D eigenvalue weighted by Crippen LogP contribution is -2.22. The predicted molar refractivity (Wildman–Crippen MR) is 94.2 cm³/mol. The highest BCUT2D eigenvalue weighted by atomic mass is 16.5. The van der Waals surface area contributed by atoms with E-state index in [1.807, 2.05) is 4.57 Å². The molecule has 0 spiro atoms. The van der Waals surface area contributed by atoms with Crippen LogP contribution in [0.5, 0.6) is 5.88 Å². The van der Waals surface area contributed by atoms with Gasteiger partial charge in [0.2, 0.25) is 5.88 Å². The van der Waals surface area contributed by atoms with Gasteiger partial charge >= 0.3 is 0 Å². The molecule has 0 bridgehead atoms. The molecule has 0 aliphatic rings. The molecule has 0 amide bonds. The molecule has 1 atom stereocenters. The third kappa shape index (κ3) is 3.71. The molecule has 0 saturated heterocycles. The molecule has 0 aliphatic carbocycles. The average Bonchev–Trinajstić information content (AvgIpc) is 3.05. The van der Waals surface area contributed by atoms with Crippen molar-refractivity contribution >= 4 is 11.2 Å². The summed E-state index contributed by atoms with van der Waals surface area (Å²) in [5, 5.41) is 3.53. The van der Waals surface area contributed by atoms with Crippen LogP contribution >= 0.6 is 0 Å². The fraction of sp³-hybridized carbons (Fsp3) is 0.389. The Morgan fingerprint density at radius 3 is 2.79 bits per heavy atom. The first-order valence-corrected chi connectivity index (χ1v) is 8.25. The predicted octanol–water partition coefficient (Wildman–Crippen LogP) is 2.62. The van der Waals surface area contributed by atoms with Crippen LogP contribution in [0.1, 0.15) is 24.8 Å². The van der Waals surface area contributed by atoms with Gasteiger partial charge in [-0.25, -0.2) is 9.97 Å². The number of methoxy groups -OCH3 is 1. The molecule has 1 unspecified atom stereocenters. The van der Waals surface area contributed by atoms with Crippen LogP contribution in [-0.2, 0) is 6.54 Å². The largest absolute Gasteiger partial charge is 0.479 e. The van der Waals surface area contributed by atoms with E-state index in [9.17, 15) is 0 Å². The molecule has 3 rings (SSSR count). The van der Waals surface area contributed by atoms with Crippen molar-refractivity contribution < 1.29 is 4.74 Å². The molecule has 0 radical (unpaired) electrons. The van der Waals surface area contributed by atoms with Crippen molar-refractivity contribution in [2.75, 3.05) is 20.2 Å². The monoisotopic (exact) mass is 325 g/mol. The Morgan fingerprint density at radius 1 is 1.17 bits per heavy atom. The maximum absolute atomic E-state index is 5.21. The number of hydrogen-bond donors (Lipinski definition) is 1. The molecule has 24 heavy (non-hydrogen) atoms. The number of hydrogen-bond acceptors (Lipinski definition) is 5. The van der Waals surface area contributed by atoms with Crippen molar-refractivity contribution in [3.8, 4) is 5.88 Å². The number of rotatable bonds is 8. The van der Waals surface area contributed by atoms with Crippen LogP contribution in [0.4, 0.5) is 0 Å². The molecule has 6 heteroatoms. The minimum atomic E-state index is 0.511. The highest BCUT2D eigenvalue weighted by Crippen LogP contribution is 2.19. The lowest BCUT2D eigenvalue weighted by Gasteiger charge is -2.13. The summed E-state index contributed by atoms with van der Waals surface area (Å²) < 4.78 is 7.26. The Bertz CT molecular complexity index is 771. The second kappa shape index (κ2) is 7.88. The lowest BCUT2D eigenvalue weighted by molar-refractivity contribution is 0.401. The van der Waals surface area contributed by atoms with Gasteiger partial charge < -0.3 is 14.6 Å². The van der Waals surface area contributed by atoms with Crippen molar-refractivity contribution in [2.24, 2.45) is 0 Å². The number of imidazole rings is 1. The number of nitrogens with zero attached hydrogens (tertiary/aromatic N) is 4. The molecule has 0 saturated carbocycles. The van der Waals surface area contributed by atoms with Crippen molar-refractivity contribution in [3.63, 3.8) is 0 Å². The zero-order valence-corrected chi connectivity index (χ0v) is 14.1. The Balaban J connectivity index is 1.47. The highest BCUT2D eigenvalue weighted by molar-refractivity contribution is 5.75. The van der Waals surface area contributed by atoms with Gasteiger partial charge in [0.05, 0.1) is 13.4 Å². The molecule has 0 fully saturated rings. The van der Waals surface area contributed by atoms with Gasteiger partial charge in [-0.15, -0.1) is 0 Å². The molecule has 3 aromatic rings. The Labute approximate surface area is 141 Å². The Hall–Kier alpha value is -2.47. The molecular formula is C18H23N5O. The highest BCUT2D eigenvalue weighted by Gasteiger charge is 2.10. The maximum atomic E-state index is 5.21. The summed E-state index contributed by atoms with van der Waals surface area (Å²) in [6.07, 6.45) is 4.33. The van der Waals surface area contributed by atoms with Gasteiger partial charge in [-0.3, -0.25) is 0 Å². The first-order valence-electron chi connectivity index (χ1n) is 8.25. The number of aromatic nitrogens is 4. The van der Waals surface area contributed by atoms with Crippen molar-refractivity contribution in [2.45, 2.75) is 25.8 Å². The zero-order chi connectivity index (χ0) is 16.8. The van der Waals surface area contributed by atoms with E-state index in [0.717, 1.165) is 31.7 Å². The molecule has 126 valence electrons. The first kappa shape index (κ1) is 16.4. The molecule has 1 aromatic carbocycles. The maximum Gasteiger partial charge on any atom is 0.245 e. The molecular weight excluding hydrogens is 302 g/mol. The molecule has 2 aromatic heterocycles. The molecule has 0 aliphatic heterocycles. The third-order valence-electron chi connectivity index (χ3n) is 4.13. The van der Waals surface area contributed by atoms with Crippen LogP contribution in [-0.4, -0.2) is 39.7 Å². The summed E-state index contributed by atoms with van der Waals surface area (Å²) in [6, 6.07) is 10.6. The number of nitrogens with one attached hydrogen (secondary N) is 1. The van der Waals surface area contributed by atoms with Gasteiger partial charge in [0.15, 0.2) is 11.2 Å². The average molecular weight is 325 g/mol. The Morgan fingerprint density at radius 2 is 2.00 bits per heavy atom. The summed E-state index contributed by atoms with van der Waals surface area (Å²) in [5.74, 6) is 1.03. The normalized spacial score (nSPS) is 12.4.